The second kappa shape index (κ2) is 5.87. The number of halogens is 2. The van der Waals surface area contributed by atoms with Crippen LogP contribution in [-0.4, -0.2) is 8.42 Å². The van der Waals surface area contributed by atoms with E-state index in [1.165, 1.54) is 0 Å². The van der Waals surface area contributed by atoms with Crippen LogP contribution in [0.3, 0.4) is 0 Å². The summed E-state index contributed by atoms with van der Waals surface area (Å²) in [6, 6.07) is 10.6. The van der Waals surface area contributed by atoms with Crippen LogP contribution in [0, 0.1) is 13.8 Å². The van der Waals surface area contributed by atoms with Gasteiger partial charge in [0.05, 0.1) is 5.69 Å². The summed E-state index contributed by atoms with van der Waals surface area (Å²) in [6.07, 6.45) is 0. The molecule has 106 valence electrons. The summed E-state index contributed by atoms with van der Waals surface area (Å²) in [7, 11) is -3.62. The molecule has 0 aromatic heterocycles. The molecule has 2 aromatic carbocycles. The van der Waals surface area contributed by atoms with Crippen molar-refractivity contribution in [1.29, 1.82) is 0 Å². The predicted molar refractivity (Wildman–Crippen MR) is 88.6 cm³/mol. The second-order valence-corrected chi connectivity index (χ2v) is 7.88. The van der Waals surface area contributed by atoms with E-state index in [0.717, 1.165) is 11.1 Å². The van der Waals surface area contributed by atoms with Crippen molar-refractivity contribution in [2.45, 2.75) is 18.7 Å². The van der Waals surface area contributed by atoms with Crippen LogP contribution in [0.4, 0.5) is 5.69 Å². The largest absolute Gasteiger partial charge is 0.278 e. The van der Waals surface area contributed by atoms with Crippen molar-refractivity contribution in [3.8, 4) is 0 Å². The van der Waals surface area contributed by atoms with Gasteiger partial charge in [-0.15, -0.1) is 0 Å². The Balaban J connectivity index is 2.41. The maximum Gasteiger partial charge on any atom is 0.263 e. The van der Waals surface area contributed by atoms with Crippen molar-refractivity contribution in [3.05, 3.63) is 56.5 Å². The number of rotatable bonds is 3. The quantitative estimate of drug-likeness (QED) is 0.789. The van der Waals surface area contributed by atoms with Gasteiger partial charge in [-0.25, -0.2) is 8.42 Å². The van der Waals surface area contributed by atoms with Gasteiger partial charge in [-0.1, -0.05) is 12.1 Å². The van der Waals surface area contributed by atoms with Gasteiger partial charge in [0.2, 0.25) is 0 Å². The van der Waals surface area contributed by atoms with E-state index in [4.69, 9.17) is 0 Å². The lowest BCUT2D eigenvalue weighted by molar-refractivity contribution is 0.600. The lowest BCUT2D eigenvalue weighted by atomic mass is 10.2. The van der Waals surface area contributed by atoms with Crippen LogP contribution in [0.5, 0.6) is 0 Å². The van der Waals surface area contributed by atoms with Crippen molar-refractivity contribution in [2.75, 3.05) is 4.72 Å². The fourth-order valence-electron chi connectivity index (χ4n) is 1.73. The number of anilines is 1. The first-order valence-electron chi connectivity index (χ1n) is 5.85. The number of hydrogen-bond donors (Lipinski definition) is 1. The summed E-state index contributed by atoms with van der Waals surface area (Å²) >= 11 is 6.66. The predicted octanol–water partition coefficient (Wildman–Crippen LogP) is 4.63. The highest BCUT2D eigenvalue weighted by molar-refractivity contribution is 9.11. The van der Waals surface area contributed by atoms with E-state index in [2.05, 4.69) is 36.6 Å². The molecule has 3 nitrogen and oxygen atoms in total. The summed E-state index contributed by atoms with van der Waals surface area (Å²) < 4.78 is 28.7. The normalized spacial score (nSPS) is 11.4. The fourth-order valence-corrected chi connectivity index (χ4v) is 4.72. The van der Waals surface area contributed by atoms with E-state index in [9.17, 15) is 8.42 Å². The molecular weight excluding hydrogens is 406 g/mol. The van der Waals surface area contributed by atoms with Gasteiger partial charge in [0.25, 0.3) is 10.0 Å². The summed E-state index contributed by atoms with van der Waals surface area (Å²) in [5, 5.41) is 0. The Hall–Kier alpha value is -0.850. The third-order valence-corrected chi connectivity index (χ3v) is 5.74. The zero-order valence-corrected chi connectivity index (χ0v) is 14.9. The van der Waals surface area contributed by atoms with Crippen molar-refractivity contribution >= 4 is 47.6 Å². The zero-order valence-electron chi connectivity index (χ0n) is 10.9. The van der Waals surface area contributed by atoms with Crippen molar-refractivity contribution in [2.24, 2.45) is 0 Å². The van der Waals surface area contributed by atoms with E-state index in [-0.39, 0.29) is 4.90 Å². The van der Waals surface area contributed by atoms with Crippen LogP contribution in [0.2, 0.25) is 0 Å². The van der Waals surface area contributed by atoms with Gasteiger partial charge >= 0.3 is 0 Å². The minimum atomic E-state index is -3.62. The van der Waals surface area contributed by atoms with E-state index in [1.807, 2.05) is 26.0 Å². The van der Waals surface area contributed by atoms with Crippen LogP contribution < -0.4 is 4.72 Å². The van der Waals surface area contributed by atoms with Crippen molar-refractivity contribution in [1.82, 2.24) is 0 Å². The van der Waals surface area contributed by atoms with E-state index in [1.54, 1.807) is 24.3 Å². The van der Waals surface area contributed by atoms with Crippen molar-refractivity contribution < 1.29 is 8.42 Å². The topological polar surface area (TPSA) is 46.2 Å². The standard InChI is InChI=1S/C14H13Br2NO2S/c1-9-3-5-13(11(15)7-9)17-20(18,19)14-6-4-10(2)8-12(14)16/h3-8,17H,1-2H3. The molecule has 0 aliphatic rings. The van der Waals surface area contributed by atoms with E-state index < -0.39 is 10.0 Å². The van der Waals surface area contributed by atoms with E-state index >= 15 is 0 Å². The molecule has 2 aromatic rings. The number of nitrogens with one attached hydrogen (secondary N) is 1. The van der Waals surface area contributed by atoms with Gasteiger partial charge in [-0.3, -0.25) is 4.72 Å². The monoisotopic (exact) mass is 417 g/mol. The van der Waals surface area contributed by atoms with Crippen LogP contribution in [0.1, 0.15) is 11.1 Å². The summed E-state index contributed by atoms with van der Waals surface area (Å²) in [6.45, 7) is 3.85. The molecule has 0 radical (unpaired) electrons. The molecule has 6 heteroatoms. The van der Waals surface area contributed by atoms with Gasteiger partial charge in [-0.05, 0) is 81.1 Å². The number of sulfonamides is 1. The first-order chi connectivity index (χ1) is 9.29. The molecule has 2 rings (SSSR count). The molecular formula is C14H13Br2NO2S. The zero-order chi connectivity index (χ0) is 14.9. The molecule has 0 heterocycles. The minimum Gasteiger partial charge on any atom is -0.278 e. The third kappa shape index (κ3) is 3.42. The van der Waals surface area contributed by atoms with Gasteiger partial charge in [0.1, 0.15) is 4.90 Å². The molecule has 0 spiro atoms. The summed E-state index contributed by atoms with van der Waals surface area (Å²) in [5.41, 5.74) is 2.56. The van der Waals surface area contributed by atoms with Gasteiger partial charge in [0, 0.05) is 8.95 Å². The van der Waals surface area contributed by atoms with Gasteiger partial charge < -0.3 is 0 Å². The second-order valence-electron chi connectivity index (χ2n) is 4.52. The molecule has 0 aliphatic carbocycles. The molecule has 0 amide bonds. The smallest absolute Gasteiger partial charge is 0.263 e. The minimum absolute atomic E-state index is 0.218. The maximum atomic E-state index is 12.4. The lowest BCUT2D eigenvalue weighted by Gasteiger charge is -2.12. The average Bonchev–Trinajstić information content (AvgIpc) is 2.32. The number of hydrogen-bond acceptors (Lipinski definition) is 2. The Morgan fingerprint density at radius 2 is 1.45 bits per heavy atom. The van der Waals surface area contributed by atoms with Crippen molar-refractivity contribution in [3.63, 3.8) is 0 Å². The maximum absolute atomic E-state index is 12.4. The molecule has 0 unspecified atom stereocenters. The Labute approximate surface area is 135 Å². The van der Waals surface area contributed by atoms with Crippen LogP contribution in [0.15, 0.2) is 50.2 Å². The third-order valence-electron chi connectivity index (χ3n) is 2.75. The Bertz CT molecular complexity index is 758. The summed E-state index contributed by atoms with van der Waals surface area (Å²) in [5.74, 6) is 0. The molecule has 0 atom stereocenters. The average molecular weight is 419 g/mol. The molecule has 0 saturated carbocycles. The fraction of sp³-hybridized carbons (Fsp3) is 0.143. The number of benzene rings is 2. The van der Waals surface area contributed by atoms with Crippen LogP contribution in [-0.2, 0) is 10.0 Å². The van der Waals surface area contributed by atoms with Crippen LogP contribution >= 0.6 is 31.9 Å². The van der Waals surface area contributed by atoms with Gasteiger partial charge in [0.15, 0.2) is 0 Å². The van der Waals surface area contributed by atoms with E-state index in [0.29, 0.717) is 14.6 Å². The molecule has 0 fully saturated rings. The first-order valence-corrected chi connectivity index (χ1v) is 8.91. The molecule has 0 aliphatic heterocycles. The summed E-state index contributed by atoms with van der Waals surface area (Å²) in [4.78, 5) is 0.218. The highest BCUT2D eigenvalue weighted by Crippen LogP contribution is 2.29. The highest BCUT2D eigenvalue weighted by atomic mass is 79.9. The van der Waals surface area contributed by atoms with Gasteiger partial charge in [-0.2, -0.15) is 0 Å². The lowest BCUT2D eigenvalue weighted by Crippen LogP contribution is -2.14. The first kappa shape index (κ1) is 15.5. The highest BCUT2D eigenvalue weighted by Gasteiger charge is 2.18. The Kier molecular flexibility index (Phi) is 4.56. The molecule has 0 saturated heterocycles. The Morgan fingerprint density at radius 1 is 0.900 bits per heavy atom. The Morgan fingerprint density at radius 3 is 2.00 bits per heavy atom. The molecule has 0 bridgehead atoms. The molecule has 1 N–H and O–H groups in total. The van der Waals surface area contributed by atoms with Crippen LogP contribution in [0.25, 0.3) is 0 Å². The number of aryl methyl sites for hydroxylation is 2. The molecule has 20 heavy (non-hydrogen) atoms. The SMILES string of the molecule is Cc1ccc(NS(=O)(=O)c2ccc(C)cc2Br)c(Br)c1.